The number of aromatic nitrogens is 3. The van der Waals surface area contributed by atoms with Crippen molar-refractivity contribution in [3.8, 4) is 17.5 Å². The summed E-state index contributed by atoms with van der Waals surface area (Å²) in [6.45, 7) is 2.58. The van der Waals surface area contributed by atoms with Crippen molar-refractivity contribution in [2.75, 3.05) is 50.8 Å². The van der Waals surface area contributed by atoms with Crippen LogP contribution in [0.4, 0.5) is 11.9 Å². The monoisotopic (exact) mass is 438 g/mol. The minimum atomic E-state index is -0.0199. The van der Waals surface area contributed by atoms with E-state index in [1.807, 2.05) is 4.90 Å². The van der Waals surface area contributed by atoms with Gasteiger partial charge in [-0.15, -0.1) is 0 Å². The molecule has 2 N–H and O–H groups in total. The summed E-state index contributed by atoms with van der Waals surface area (Å²) in [7, 11) is 2.96. The van der Waals surface area contributed by atoms with Crippen LogP contribution in [-0.2, 0) is 4.74 Å². The van der Waals surface area contributed by atoms with Crippen molar-refractivity contribution in [3.63, 3.8) is 0 Å². The van der Waals surface area contributed by atoms with Crippen molar-refractivity contribution in [3.05, 3.63) is 22.2 Å². The van der Waals surface area contributed by atoms with Crippen molar-refractivity contribution in [2.45, 2.75) is 0 Å². The van der Waals surface area contributed by atoms with Gasteiger partial charge in [0.25, 0.3) is 5.95 Å². The van der Waals surface area contributed by atoms with Crippen LogP contribution in [0, 0.1) is 0 Å². The summed E-state index contributed by atoms with van der Waals surface area (Å²) < 4.78 is 16.3. The number of benzene rings is 1. The lowest BCUT2D eigenvalue weighted by Gasteiger charge is -2.26. The second kappa shape index (κ2) is 8.82. The molecule has 0 atom stereocenters. The summed E-state index contributed by atoms with van der Waals surface area (Å²) in [5, 5.41) is 14.3. The maximum atomic E-state index is 10.2. The highest BCUT2D eigenvalue weighted by Crippen LogP contribution is 2.32. The smallest absolute Gasteiger partial charge is 0.322 e. The van der Waals surface area contributed by atoms with Crippen LogP contribution in [-0.4, -0.2) is 66.8 Å². The number of nitrogens with zero attached hydrogens (tertiary/aromatic N) is 5. The van der Waals surface area contributed by atoms with Gasteiger partial charge in [0.05, 0.1) is 33.6 Å². The molecule has 0 unspecified atom stereocenters. The normalized spacial score (nSPS) is 14.4. The second-order valence-electron chi connectivity index (χ2n) is 5.46. The van der Waals surface area contributed by atoms with E-state index in [4.69, 9.17) is 14.2 Å². The molecular formula is C16H19BrN6O4. The molecule has 2 aromatic rings. The highest BCUT2D eigenvalue weighted by atomic mass is 79.9. The number of hydrogen-bond donors (Lipinski definition) is 2. The van der Waals surface area contributed by atoms with Crippen LogP contribution >= 0.6 is 15.9 Å². The van der Waals surface area contributed by atoms with E-state index in [1.54, 1.807) is 12.1 Å². The maximum Gasteiger partial charge on any atom is 0.322 e. The Morgan fingerprint density at radius 3 is 2.70 bits per heavy atom. The summed E-state index contributed by atoms with van der Waals surface area (Å²) in [5.74, 6) is 1.02. The fourth-order valence-electron chi connectivity index (χ4n) is 2.40. The van der Waals surface area contributed by atoms with Gasteiger partial charge in [-0.3, -0.25) is 0 Å². The van der Waals surface area contributed by atoms with Gasteiger partial charge < -0.3 is 24.2 Å². The number of nitrogens with one attached hydrogen (secondary N) is 1. The van der Waals surface area contributed by atoms with Gasteiger partial charge in [0.1, 0.15) is 0 Å². The SMILES string of the molecule is COc1nc(N/N=C\c2cc(Br)cc(OC)c2O)nc(N2CCOCC2)n1. The number of hydrazone groups is 1. The van der Waals surface area contributed by atoms with Crippen LogP contribution in [0.15, 0.2) is 21.7 Å². The number of anilines is 2. The first-order chi connectivity index (χ1) is 13.1. The lowest BCUT2D eigenvalue weighted by molar-refractivity contribution is 0.122. The van der Waals surface area contributed by atoms with E-state index in [9.17, 15) is 5.11 Å². The first kappa shape index (κ1) is 19.1. The van der Waals surface area contributed by atoms with Crippen molar-refractivity contribution in [2.24, 2.45) is 5.10 Å². The predicted octanol–water partition coefficient (Wildman–Crippen LogP) is 1.64. The summed E-state index contributed by atoms with van der Waals surface area (Å²) in [6.07, 6.45) is 1.44. The molecule has 1 aromatic heterocycles. The van der Waals surface area contributed by atoms with Crippen LogP contribution in [0.25, 0.3) is 0 Å². The lowest BCUT2D eigenvalue weighted by Crippen LogP contribution is -2.37. The zero-order valence-electron chi connectivity index (χ0n) is 14.8. The largest absolute Gasteiger partial charge is 0.504 e. The van der Waals surface area contributed by atoms with Crippen LogP contribution in [0.3, 0.4) is 0 Å². The molecule has 0 saturated carbocycles. The van der Waals surface area contributed by atoms with E-state index in [1.165, 1.54) is 20.4 Å². The third-order valence-electron chi connectivity index (χ3n) is 3.74. The molecule has 1 aliphatic rings. The minimum Gasteiger partial charge on any atom is -0.504 e. The Kier molecular flexibility index (Phi) is 6.24. The Balaban J connectivity index is 1.79. The van der Waals surface area contributed by atoms with Gasteiger partial charge in [-0.25, -0.2) is 5.43 Å². The number of aromatic hydroxyl groups is 1. The van der Waals surface area contributed by atoms with E-state index in [2.05, 4.69) is 41.4 Å². The van der Waals surface area contributed by atoms with Crippen molar-refractivity contribution in [1.29, 1.82) is 0 Å². The van der Waals surface area contributed by atoms with Crippen LogP contribution in [0.5, 0.6) is 17.5 Å². The predicted molar refractivity (Wildman–Crippen MR) is 103 cm³/mol. The van der Waals surface area contributed by atoms with Gasteiger partial charge in [-0.2, -0.15) is 20.1 Å². The van der Waals surface area contributed by atoms with Gasteiger partial charge in [0.15, 0.2) is 11.5 Å². The zero-order valence-corrected chi connectivity index (χ0v) is 16.4. The molecule has 1 aliphatic heterocycles. The molecule has 11 heteroatoms. The van der Waals surface area contributed by atoms with Crippen molar-refractivity contribution < 1.29 is 19.3 Å². The Morgan fingerprint density at radius 1 is 1.22 bits per heavy atom. The van der Waals surface area contributed by atoms with E-state index in [0.717, 1.165) is 4.47 Å². The van der Waals surface area contributed by atoms with Gasteiger partial charge in [0, 0.05) is 23.1 Å². The summed E-state index contributed by atoms with van der Waals surface area (Å²) in [4.78, 5) is 14.7. The third kappa shape index (κ3) is 4.74. The van der Waals surface area contributed by atoms with Crippen molar-refractivity contribution >= 4 is 34.0 Å². The molecule has 3 rings (SSSR count). The summed E-state index contributed by atoms with van der Waals surface area (Å²) >= 11 is 3.36. The number of halogens is 1. The van der Waals surface area contributed by atoms with Crippen molar-refractivity contribution in [1.82, 2.24) is 15.0 Å². The molecule has 1 aromatic carbocycles. The standard InChI is InChI=1S/C16H19BrN6O4/c1-25-12-8-11(17)7-10(13(12)24)9-18-22-14-19-15(21-16(20-14)26-2)23-3-5-27-6-4-23/h7-9,24H,3-6H2,1-2H3,(H,19,20,21,22)/b18-9-. The van der Waals surface area contributed by atoms with E-state index < -0.39 is 0 Å². The third-order valence-corrected chi connectivity index (χ3v) is 4.19. The van der Waals surface area contributed by atoms with E-state index >= 15 is 0 Å². The van der Waals surface area contributed by atoms with Gasteiger partial charge >= 0.3 is 6.01 Å². The molecule has 0 bridgehead atoms. The Labute approximate surface area is 164 Å². The number of methoxy groups -OCH3 is 2. The molecular weight excluding hydrogens is 420 g/mol. The molecule has 0 aliphatic carbocycles. The molecule has 27 heavy (non-hydrogen) atoms. The van der Waals surface area contributed by atoms with E-state index in [0.29, 0.717) is 43.6 Å². The van der Waals surface area contributed by atoms with Crippen LogP contribution in [0.1, 0.15) is 5.56 Å². The topological polar surface area (TPSA) is 114 Å². The number of ether oxygens (including phenoxy) is 3. The first-order valence-electron chi connectivity index (χ1n) is 8.09. The summed E-state index contributed by atoms with van der Waals surface area (Å²) in [6, 6.07) is 3.54. The first-order valence-corrected chi connectivity index (χ1v) is 8.88. The number of morpholine rings is 1. The average molecular weight is 439 g/mol. The maximum absolute atomic E-state index is 10.2. The fourth-order valence-corrected chi connectivity index (χ4v) is 2.85. The zero-order chi connectivity index (χ0) is 19.2. The lowest BCUT2D eigenvalue weighted by atomic mass is 10.2. The molecule has 0 radical (unpaired) electrons. The molecule has 0 spiro atoms. The number of phenols is 1. The molecule has 144 valence electrons. The van der Waals surface area contributed by atoms with Crippen LogP contribution in [0.2, 0.25) is 0 Å². The minimum absolute atomic E-state index is 0.0199. The Bertz CT molecular complexity index is 829. The molecule has 2 heterocycles. The quantitative estimate of drug-likeness (QED) is 0.512. The Hall–Kier alpha value is -2.66. The van der Waals surface area contributed by atoms with E-state index in [-0.39, 0.29) is 17.7 Å². The average Bonchev–Trinajstić information content (AvgIpc) is 2.70. The molecule has 0 amide bonds. The second-order valence-corrected chi connectivity index (χ2v) is 6.38. The molecule has 1 saturated heterocycles. The summed E-state index contributed by atoms with van der Waals surface area (Å²) in [5.41, 5.74) is 3.19. The van der Waals surface area contributed by atoms with Gasteiger partial charge in [-0.05, 0) is 12.1 Å². The Morgan fingerprint density at radius 2 is 2.00 bits per heavy atom. The highest BCUT2D eigenvalue weighted by molar-refractivity contribution is 9.10. The van der Waals surface area contributed by atoms with Gasteiger partial charge in [0.2, 0.25) is 5.95 Å². The fraction of sp³-hybridized carbons (Fsp3) is 0.375. The molecule has 1 fully saturated rings. The van der Waals surface area contributed by atoms with Gasteiger partial charge in [-0.1, -0.05) is 15.9 Å². The number of rotatable bonds is 6. The number of hydrogen-bond acceptors (Lipinski definition) is 10. The number of phenolic OH excluding ortho intramolecular Hbond substituents is 1. The van der Waals surface area contributed by atoms with Crippen LogP contribution < -0.4 is 19.8 Å². The highest BCUT2D eigenvalue weighted by Gasteiger charge is 2.16. The molecule has 10 nitrogen and oxygen atoms in total.